The molecule has 0 spiro atoms. The van der Waals surface area contributed by atoms with E-state index in [-0.39, 0.29) is 18.3 Å². The average molecular weight is 374 g/mol. The second kappa shape index (κ2) is 8.11. The standard InChI is InChI=1S/C17H19N7O.ClH/c25-17(15-12-24(22-21-15)13-6-9-18-10-7-13)20-14-4-1-2-5-16(14)23-11-3-8-19-23;/h1-5,8,11-13,18H,6-7,9-10H2,(H,20,25);1H. The van der Waals surface area contributed by atoms with Gasteiger partial charge in [0.25, 0.3) is 5.91 Å². The number of carbonyl (C=O) groups is 1. The van der Waals surface area contributed by atoms with E-state index < -0.39 is 0 Å². The van der Waals surface area contributed by atoms with Gasteiger partial charge in [-0.05, 0) is 44.1 Å². The summed E-state index contributed by atoms with van der Waals surface area (Å²) in [5.41, 5.74) is 1.79. The first-order chi connectivity index (χ1) is 12.3. The molecule has 1 aromatic carbocycles. The van der Waals surface area contributed by atoms with Crippen LogP contribution in [0.5, 0.6) is 0 Å². The van der Waals surface area contributed by atoms with Gasteiger partial charge in [0.2, 0.25) is 0 Å². The monoisotopic (exact) mass is 373 g/mol. The zero-order valence-corrected chi connectivity index (χ0v) is 14.9. The molecule has 0 aliphatic carbocycles. The van der Waals surface area contributed by atoms with E-state index in [4.69, 9.17) is 0 Å². The van der Waals surface area contributed by atoms with E-state index in [1.54, 1.807) is 21.8 Å². The number of para-hydroxylation sites is 2. The van der Waals surface area contributed by atoms with Crippen LogP contribution in [0.3, 0.4) is 0 Å². The Hall–Kier alpha value is -2.71. The Bertz CT molecular complexity index is 856. The minimum atomic E-state index is -0.278. The van der Waals surface area contributed by atoms with Gasteiger partial charge in [0.05, 0.1) is 23.6 Å². The normalized spacial score (nSPS) is 14.6. The third-order valence-corrected chi connectivity index (χ3v) is 4.33. The van der Waals surface area contributed by atoms with Gasteiger partial charge in [-0.25, -0.2) is 9.36 Å². The van der Waals surface area contributed by atoms with E-state index in [0.717, 1.165) is 31.6 Å². The lowest BCUT2D eigenvalue weighted by atomic mass is 10.1. The van der Waals surface area contributed by atoms with Crippen LogP contribution in [0, 0.1) is 0 Å². The molecular weight excluding hydrogens is 354 g/mol. The Labute approximate surface area is 157 Å². The highest BCUT2D eigenvalue weighted by Gasteiger charge is 2.19. The Kier molecular flexibility index (Phi) is 5.65. The molecule has 9 heteroatoms. The summed E-state index contributed by atoms with van der Waals surface area (Å²) >= 11 is 0. The molecule has 0 atom stereocenters. The number of benzene rings is 1. The molecule has 0 unspecified atom stereocenters. The molecule has 2 aromatic heterocycles. The molecule has 0 radical (unpaired) electrons. The third kappa shape index (κ3) is 3.76. The Morgan fingerprint density at radius 1 is 1.19 bits per heavy atom. The second-order valence-electron chi connectivity index (χ2n) is 5.99. The minimum absolute atomic E-state index is 0. The summed E-state index contributed by atoms with van der Waals surface area (Å²) in [4.78, 5) is 12.6. The molecular formula is C17H20ClN7O. The highest BCUT2D eigenvalue weighted by atomic mass is 35.5. The Balaban J connectivity index is 0.00000196. The molecule has 1 fully saturated rings. The summed E-state index contributed by atoms with van der Waals surface area (Å²) in [5.74, 6) is -0.278. The van der Waals surface area contributed by atoms with Crippen molar-refractivity contribution < 1.29 is 4.79 Å². The third-order valence-electron chi connectivity index (χ3n) is 4.33. The molecule has 136 valence electrons. The smallest absolute Gasteiger partial charge is 0.277 e. The first-order valence-corrected chi connectivity index (χ1v) is 8.34. The van der Waals surface area contributed by atoms with Gasteiger partial charge in [-0.1, -0.05) is 17.3 Å². The fourth-order valence-corrected chi connectivity index (χ4v) is 3.01. The number of nitrogens with zero attached hydrogens (tertiary/aromatic N) is 5. The quantitative estimate of drug-likeness (QED) is 0.730. The lowest BCUT2D eigenvalue weighted by Crippen LogP contribution is -2.29. The van der Waals surface area contributed by atoms with Crippen LogP contribution in [0.25, 0.3) is 5.69 Å². The van der Waals surface area contributed by atoms with Crippen molar-refractivity contribution in [1.29, 1.82) is 0 Å². The summed E-state index contributed by atoms with van der Waals surface area (Å²) in [6.07, 6.45) is 7.24. The fraction of sp³-hybridized carbons (Fsp3) is 0.294. The van der Waals surface area contributed by atoms with Crippen LogP contribution < -0.4 is 10.6 Å². The number of piperidine rings is 1. The summed E-state index contributed by atoms with van der Waals surface area (Å²) in [6.45, 7) is 1.92. The number of carbonyl (C=O) groups excluding carboxylic acids is 1. The lowest BCUT2D eigenvalue weighted by Gasteiger charge is -2.22. The first-order valence-electron chi connectivity index (χ1n) is 8.34. The van der Waals surface area contributed by atoms with Crippen LogP contribution in [0.2, 0.25) is 0 Å². The molecule has 26 heavy (non-hydrogen) atoms. The van der Waals surface area contributed by atoms with Crippen LogP contribution >= 0.6 is 12.4 Å². The predicted molar refractivity (Wildman–Crippen MR) is 99.9 cm³/mol. The van der Waals surface area contributed by atoms with Gasteiger partial charge in [0.15, 0.2) is 5.69 Å². The number of amides is 1. The van der Waals surface area contributed by atoms with Gasteiger partial charge in [-0.3, -0.25) is 4.79 Å². The van der Waals surface area contributed by atoms with Crippen LogP contribution in [0.4, 0.5) is 5.69 Å². The molecule has 4 rings (SSSR count). The average Bonchev–Trinajstić information content (AvgIpc) is 3.35. The maximum absolute atomic E-state index is 12.6. The maximum Gasteiger partial charge on any atom is 0.277 e. The fourth-order valence-electron chi connectivity index (χ4n) is 3.01. The van der Waals surface area contributed by atoms with Gasteiger partial charge in [-0.15, -0.1) is 17.5 Å². The topological polar surface area (TPSA) is 89.7 Å². The molecule has 1 aliphatic rings. The Morgan fingerprint density at radius 3 is 2.77 bits per heavy atom. The van der Waals surface area contributed by atoms with Crippen molar-refractivity contribution in [3.63, 3.8) is 0 Å². The van der Waals surface area contributed by atoms with Crippen molar-refractivity contribution in [1.82, 2.24) is 30.1 Å². The number of hydrogen-bond acceptors (Lipinski definition) is 5. The number of halogens is 1. The van der Waals surface area contributed by atoms with Crippen molar-refractivity contribution in [2.24, 2.45) is 0 Å². The van der Waals surface area contributed by atoms with Gasteiger partial charge in [0, 0.05) is 12.4 Å². The second-order valence-corrected chi connectivity index (χ2v) is 5.99. The SMILES string of the molecule is Cl.O=C(Nc1ccccc1-n1cccn1)c1cn(C2CCNCC2)nn1. The molecule has 8 nitrogen and oxygen atoms in total. The van der Waals surface area contributed by atoms with E-state index in [0.29, 0.717) is 17.4 Å². The number of hydrogen-bond donors (Lipinski definition) is 2. The summed E-state index contributed by atoms with van der Waals surface area (Å²) in [7, 11) is 0. The van der Waals surface area contributed by atoms with E-state index in [2.05, 4.69) is 26.0 Å². The van der Waals surface area contributed by atoms with Crippen LogP contribution in [0.1, 0.15) is 29.4 Å². The van der Waals surface area contributed by atoms with Crippen molar-refractivity contribution >= 4 is 24.0 Å². The lowest BCUT2D eigenvalue weighted by molar-refractivity contribution is 0.102. The van der Waals surface area contributed by atoms with E-state index in [1.807, 2.05) is 36.5 Å². The van der Waals surface area contributed by atoms with Crippen LogP contribution in [0.15, 0.2) is 48.9 Å². The Morgan fingerprint density at radius 2 is 2.00 bits per heavy atom. The van der Waals surface area contributed by atoms with Gasteiger partial charge >= 0.3 is 0 Å². The van der Waals surface area contributed by atoms with Crippen molar-refractivity contribution in [3.05, 3.63) is 54.6 Å². The van der Waals surface area contributed by atoms with E-state index in [1.165, 1.54) is 0 Å². The first kappa shape index (κ1) is 18.1. The van der Waals surface area contributed by atoms with E-state index >= 15 is 0 Å². The summed E-state index contributed by atoms with van der Waals surface area (Å²) < 4.78 is 3.51. The largest absolute Gasteiger partial charge is 0.319 e. The molecule has 1 amide bonds. The minimum Gasteiger partial charge on any atom is -0.319 e. The summed E-state index contributed by atoms with van der Waals surface area (Å²) in [6, 6.07) is 9.64. The maximum atomic E-state index is 12.6. The molecule has 1 saturated heterocycles. The number of aromatic nitrogens is 5. The number of anilines is 1. The molecule has 3 heterocycles. The molecule has 2 N–H and O–H groups in total. The summed E-state index contributed by atoms with van der Waals surface area (Å²) in [5, 5.41) is 18.6. The zero-order valence-electron chi connectivity index (χ0n) is 14.1. The molecule has 0 bridgehead atoms. The van der Waals surface area contributed by atoms with E-state index in [9.17, 15) is 4.79 Å². The van der Waals surface area contributed by atoms with Crippen molar-refractivity contribution in [3.8, 4) is 5.69 Å². The van der Waals surface area contributed by atoms with Gasteiger partial charge in [-0.2, -0.15) is 5.10 Å². The highest BCUT2D eigenvalue weighted by molar-refractivity contribution is 6.03. The van der Waals surface area contributed by atoms with Crippen molar-refractivity contribution in [2.75, 3.05) is 18.4 Å². The molecule has 0 saturated carbocycles. The van der Waals surface area contributed by atoms with Gasteiger partial charge in [0.1, 0.15) is 0 Å². The van der Waals surface area contributed by atoms with Crippen molar-refractivity contribution in [2.45, 2.75) is 18.9 Å². The molecule has 1 aliphatic heterocycles. The predicted octanol–water partition coefficient (Wildman–Crippen LogP) is 2.06. The van der Waals surface area contributed by atoms with Crippen LogP contribution in [-0.2, 0) is 0 Å². The number of nitrogens with one attached hydrogen (secondary N) is 2. The zero-order chi connectivity index (χ0) is 17.1. The van der Waals surface area contributed by atoms with Gasteiger partial charge < -0.3 is 10.6 Å². The number of rotatable bonds is 4. The van der Waals surface area contributed by atoms with Crippen LogP contribution in [-0.4, -0.2) is 43.8 Å². The highest BCUT2D eigenvalue weighted by Crippen LogP contribution is 2.20. The molecule has 3 aromatic rings.